The third kappa shape index (κ3) is 3.32. The van der Waals surface area contributed by atoms with E-state index in [0.29, 0.717) is 5.69 Å². The van der Waals surface area contributed by atoms with Gasteiger partial charge in [0.25, 0.3) is 0 Å². The SMILES string of the molecule is CC(C)(CCO)CNc1ncnc2cc(N)ccc12. The van der Waals surface area contributed by atoms with Crippen LogP contribution in [0.25, 0.3) is 10.9 Å². The molecule has 0 aliphatic heterocycles. The quantitative estimate of drug-likeness (QED) is 0.716. The fourth-order valence-electron chi connectivity index (χ4n) is 1.93. The summed E-state index contributed by atoms with van der Waals surface area (Å²) < 4.78 is 0. The van der Waals surface area contributed by atoms with Gasteiger partial charge < -0.3 is 16.2 Å². The highest BCUT2D eigenvalue weighted by Gasteiger charge is 2.17. The lowest BCUT2D eigenvalue weighted by molar-refractivity contribution is 0.220. The van der Waals surface area contributed by atoms with Gasteiger partial charge in [0.15, 0.2) is 0 Å². The Balaban J connectivity index is 2.21. The topological polar surface area (TPSA) is 84.1 Å². The van der Waals surface area contributed by atoms with Crippen LogP contribution in [0.1, 0.15) is 20.3 Å². The third-order valence-electron chi connectivity index (χ3n) is 3.18. The minimum Gasteiger partial charge on any atom is -0.399 e. The van der Waals surface area contributed by atoms with Crippen LogP contribution < -0.4 is 11.1 Å². The first-order chi connectivity index (χ1) is 9.02. The van der Waals surface area contributed by atoms with Crippen molar-refractivity contribution in [2.75, 3.05) is 24.2 Å². The van der Waals surface area contributed by atoms with E-state index in [1.54, 1.807) is 0 Å². The summed E-state index contributed by atoms with van der Waals surface area (Å²) in [6, 6.07) is 5.60. The first-order valence-electron chi connectivity index (χ1n) is 6.37. The summed E-state index contributed by atoms with van der Waals surface area (Å²) in [5.74, 6) is 0.802. The van der Waals surface area contributed by atoms with Crippen molar-refractivity contribution < 1.29 is 5.11 Å². The van der Waals surface area contributed by atoms with Crippen molar-refractivity contribution in [3.05, 3.63) is 24.5 Å². The molecule has 2 aromatic rings. The lowest BCUT2D eigenvalue weighted by Crippen LogP contribution is -2.24. The second-order valence-electron chi connectivity index (χ2n) is 5.49. The Labute approximate surface area is 112 Å². The summed E-state index contributed by atoms with van der Waals surface area (Å²) >= 11 is 0. The molecule has 0 fully saturated rings. The number of anilines is 2. The minimum atomic E-state index is 0.0137. The average Bonchev–Trinajstić information content (AvgIpc) is 2.36. The number of fused-ring (bicyclic) bond motifs is 1. The molecule has 0 bridgehead atoms. The van der Waals surface area contributed by atoms with Gasteiger partial charge in [-0.1, -0.05) is 13.8 Å². The maximum atomic E-state index is 9.03. The maximum absolute atomic E-state index is 9.03. The molecule has 0 atom stereocenters. The Kier molecular flexibility index (Phi) is 3.85. The van der Waals surface area contributed by atoms with E-state index in [9.17, 15) is 0 Å². The molecule has 0 spiro atoms. The van der Waals surface area contributed by atoms with Crippen molar-refractivity contribution in [1.29, 1.82) is 0 Å². The van der Waals surface area contributed by atoms with Crippen molar-refractivity contribution in [2.45, 2.75) is 20.3 Å². The summed E-state index contributed by atoms with van der Waals surface area (Å²) in [5, 5.41) is 13.3. The van der Waals surface area contributed by atoms with Gasteiger partial charge in [-0.05, 0) is 30.0 Å². The molecule has 0 aliphatic rings. The van der Waals surface area contributed by atoms with Crippen LogP contribution in [0, 0.1) is 5.41 Å². The van der Waals surface area contributed by atoms with E-state index < -0.39 is 0 Å². The van der Waals surface area contributed by atoms with Crippen molar-refractivity contribution >= 4 is 22.4 Å². The molecule has 5 nitrogen and oxygen atoms in total. The number of hydrogen-bond acceptors (Lipinski definition) is 5. The Morgan fingerprint density at radius 2 is 2.11 bits per heavy atom. The van der Waals surface area contributed by atoms with Gasteiger partial charge in [0.05, 0.1) is 5.52 Å². The molecule has 5 heteroatoms. The van der Waals surface area contributed by atoms with Gasteiger partial charge in [-0.25, -0.2) is 9.97 Å². The standard InChI is InChI=1S/C14H20N4O/c1-14(2,5-6-19)8-16-13-11-4-3-10(15)7-12(11)17-9-18-13/h3-4,7,9,19H,5-6,8,15H2,1-2H3,(H,16,17,18). The first kappa shape index (κ1) is 13.5. The predicted octanol–water partition coefficient (Wildman–Crippen LogP) is 2.03. The molecule has 0 unspecified atom stereocenters. The fraction of sp³-hybridized carbons (Fsp3) is 0.429. The van der Waals surface area contributed by atoms with Crippen LogP contribution in [0.5, 0.6) is 0 Å². The van der Waals surface area contributed by atoms with Gasteiger partial charge in [-0.3, -0.25) is 0 Å². The van der Waals surface area contributed by atoms with Crippen LogP contribution in [-0.2, 0) is 0 Å². The zero-order chi connectivity index (χ0) is 13.9. The molecule has 0 saturated heterocycles. The number of nitrogen functional groups attached to an aromatic ring is 1. The Bertz CT molecular complexity index is 568. The van der Waals surface area contributed by atoms with Crippen LogP contribution in [0.4, 0.5) is 11.5 Å². The lowest BCUT2D eigenvalue weighted by atomic mass is 9.90. The number of rotatable bonds is 5. The highest BCUT2D eigenvalue weighted by atomic mass is 16.3. The number of aliphatic hydroxyl groups excluding tert-OH is 1. The van der Waals surface area contributed by atoms with E-state index in [1.165, 1.54) is 6.33 Å². The van der Waals surface area contributed by atoms with E-state index in [2.05, 4.69) is 29.1 Å². The normalized spacial score (nSPS) is 11.7. The largest absolute Gasteiger partial charge is 0.399 e. The number of aliphatic hydroxyl groups is 1. The Hall–Kier alpha value is -1.88. The van der Waals surface area contributed by atoms with Gasteiger partial charge in [-0.2, -0.15) is 0 Å². The molecule has 1 heterocycles. The van der Waals surface area contributed by atoms with Crippen molar-refractivity contribution in [3.63, 3.8) is 0 Å². The molecule has 4 N–H and O–H groups in total. The van der Waals surface area contributed by atoms with Crippen LogP contribution in [-0.4, -0.2) is 28.2 Å². The van der Waals surface area contributed by atoms with E-state index >= 15 is 0 Å². The van der Waals surface area contributed by atoms with Crippen LogP contribution in [0.2, 0.25) is 0 Å². The molecule has 2 rings (SSSR count). The number of aromatic nitrogens is 2. The van der Waals surface area contributed by atoms with Gasteiger partial charge >= 0.3 is 0 Å². The predicted molar refractivity (Wildman–Crippen MR) is 77.9 cm³/mol. The van der Waals surface area contributed by atoms with Gasteiger partial charge in [0, 0.05) is 24.2 Å². The van der Waals surface area contributed by atoms with Gasteiger partial charge in [0.1, 0.15) is 12.1 Å². The number of nitrogens with zero attached hydrogens (tertiary/aromatic N) is 2. The number of nitrogens with one attached hydrogen (secondary N) is 1. The summed E-state index contributed by atoms with van der Waals surface area (Å²) in [6.45, 7) is 5.15. The minimum absolute atomic E-state index is 0.0137. The van der Waals surface area contributed by atoms with Crippen molar-refractivity contribution in [2.24, 2.45) is 5.41 Å². The molecule has 19 heavy (non-hydrogen) atoms. The monoisotopic (exact) mass is 260 g/mol. The number of nitrogens with two attached hydrogens (primary N) is 1. The van der Waals surface area contributed by atoms with E-state index in [1.807, 2.05) is 18.2 Å². The highest BCUT2D eigenvalue weighted by Crippen LogP contribution is 2.24. The highest BCUT2D eigenvalue weighted by molar-refractivity contribution is 5.90. The first-order valence-corrected chi connectivity index (χ1v) is 6.37. The zero-order valence-electron chi connectivity index (χ0n) is 11.3. The Morgan fingerprint density at radius 3 is 2.84 bits per heavy atom. The Morgan fingerprint density at radius 1 is 1.32 bits per heavy atom. The molecular weight excluding hydrogens is 240 g/mol. The zero-order valence-corrected chi connectivity index (χ0v) is 11.3. The average molecular weight is 260 g/mol. The van der Waals surface area contributed by atoms with Crippen LogP contribution in [0.3, 0.4) is 0 Å². The fourth-order valence-corrected chi connectivity index (χ4v) is 1.93. The molecule has 1 aromatic carbocycles. The van der Waals surface area contributed by atoms with Crippen LogP contribution >= 0.6 is 0 Å². The molecular formula is C14H20N4O. The summed E-state index contributed by atoms with van der Waals surface area (Å²) in [6.07, 6.45) is 2.28. The third-order valence-corrected chi connectivity index (χ3v) is 3.18. The summed E-state index contributed by atoms with van der Waals surface area (Å²) in [7, 11) is 0. The summed E-state index contributed by atoms with van der Waals surface area (Å²) in [5.41, 5.74) is 7.29. The van der Waals surface area contributed by atoms with E-state index in [-0.39, 0.29) is 12.0 Å². The van der Waals surface area contributed by atoms with Crippen molar-refractivity contribution in [1.82, 2.24) is 9.97 Å². The summed E-state index contributed by atoms with van der Waals surface area (Å²) in [4.78, 5) is 8.49. The molecule has 1 aromatic heterocycles. The molecule has 0 aliphatic carbocycles. The second kappa shape index (κ2) is 5.40. The number of hydrogen-bond donors (Lipinski definition) is 3. The molecule has 0 saturated carbocycles. The second-order valence-corrected chi connectivity index (χ2v) is 5.49. The van der Waals surface area contributed by atoms with Gasteiger partial charge in [0.2, 0.25) is 0 Å². The lowest BCUT2D eigenvalue weighted by Gasteiger charge is -2.24. The van der Waals surface area contributed by atoms with Gasteiger partial charge in [-0.15, -0.1) is 0 Å². The smallest absolute Gasteiger partial charge is 0.137 e. The maximum Gasteiger partial charge on any atom is 0.137 e. The molecule has 102 valence electrons. The molecule has 0 radical (unpaired) electrons. The van der Waals surface area contributed by atoms with Crippen LogP contribution in [0.15, 0.2) is 24.5 Å². The van der Waals surface area contributed by atoms with Crippen molar-refractivity contribution in [3.8, 4) is 0 Å². The number of benzene rings is 1. The van der Waals surface area contributed by atoms with E-state index in [4.69, 9.17) is 10.8 Å². The molecule has 0 amide bonds. The van der Waals surface area contributed by atoms with E-state index in [0.717, 1.165) is 29.7 Å².